The fourth-order valence-corrected chi connectivity index (χ4v) is 2.93. The lowest BCUT2D eigenvalue weighted by Gasteiger charge is -2.12. The lowest BCUT2D eigenvalue weighted by atomic mass is 10.2. The SMILES string of the molecule is COC(=O)Nc1ccc(NC(=O)C(C)Sc2nnnn2C2CC2)cc1. The van der Waals surface area contributed by atoms with E-state index >= 15 is 0 Å². The summed E-state index contributed by atoms with van der Waals surface area (Å²) >= 11 is 1.33. The van der Waals surface area contributed by atoms with Crippen molar-refractivity contribution in [3.05, 3.63) is 24.3 Å². The predicted molar refractivity (Wildman–Crippen MR) is 92.5 cm³/mol. The van der Waals surface area contributed by atoms with E-state index in [1.165, 1.54) is 18.9 Å². The number of carbonyl (C=O) groups excluding carboxylic acids is 2. The van der Waals surface area contributed by atoms with Gasteiger partial charge in [0.25, 0.3) is 0 Å². The van der Waals surface area contributed by atoms with Crippen LogP contribution >= 0.6 is 11.8 Å². The minimum atomic E-state index is -0.546. The number of ether oxygens (including phenoxy) is 1. The quantitative estimate of drug-likeness (QED) is 0.759. The molecular formula is C15H18N6O3S. The molecule has 10 heteroatoms. The largest absolute Gasteiger partial charge is 0.453 e. The summed E-state index contributed by atoms with van der Waals surface area (Å²) in [6.07, 6.45) is 1.60. The fraction of sp³-hybridized carbons (Fsp3) is 0.400. The third-order valence-electron chi connectivity index (χ3n) is 3.59. The summed E-state index contributed by atoms with van der Waals surface area (Å²) in [5, 5.41) is 17.3. The standard InChI is InChI=1S/C15H18N6O3S/c1-9(25-14-18-19-20-21(14)12-7-8-12)13(22)16-10-3-5-11(6-4-10)17-15(23)24-2/h3-6,9,12H,7-8H2,1-2H3,(H,16,22)(H,17,23). The molecule has 1 unspecified atom stereocenters. The van der Waals surface area contributed by atoms with Gasteiger partial charge in [-0.1, -0.05) is 11.8 Å². The van der Waals surface area contributed by atoms with E-state index in [9.17, 15) is 9.59 Å². The minimum Gasteiger partial charge on any atom is -0.453 e. The lowest BCUT2D eigenvalue weighted by molar-refractivity contribution is -0.115. The highest BCUT2D eigenvalue weighted by molar-refractivity contribution is 8.00. The van der Waals surface area contributed by atoms with Crippen LogP contribution in [0.2, 0.25) is 0 Å². The van der Waals surface area contributed by atoms with Crippen molar-refractivity contribution >= 4 is 35.1 Å². The third-order valence-corrected chi connectivity index (χ3v) is 4.64. The molecule has 1 heterocycles. The second kappa shape index (κ2) is 7.51. The van der Waals surface area contributed by atoms with Crippen LogP contribution in [-0.4, -0.2) is 44.6 Å². The van der Waals surface area contributed by atoms with E-state index < -0.39 is 6.09 Å². The molecule has 2 N–H and O–H groups in total. The molecule has 3 rings (SSSR count). The third kappa shape index (κ3) is 4.47. The van der Waals surface area contributed by atoms with Gasteiger partial charge in [-0.2, -0.15) is 0 Å². The molecule has 0 saturated heterocycles. The number of benzene rings is 1. The van der Waals surface area contributed by atoms with Gasteiger partial charge >= 0.3 is 6.09 Å². The Labute approximate surface area is 148 Å². The summed E-state index contributed by atoms with van der Waals surface area (Å²) in [5.41, 5.74) is 1.21. The molecule has 1 fully saturated rings. The average molecular weight is 362 g/mol. The van der Waals surface area contributed by atoms with Crippen LogP contribution in [0.1, 0.15) is 25.8 Å². The van der Waals surface area contributed by atoms with Gasteiger partial charge in [0, 0.05) is 11.4 Å². The van der Waals surface area contributed by atoms with Gasteiger partial charge in [-0.15, -0.1) is 5.10 Å². The van der Waals surface area contributed by atoms with Crippen molar-refractivity contribution in [1.82, 2.24) is 20.2 Å². The van der Waals surface area contributed by atoms with E-state index in [1.54, 1.807) is 35.9 Å². The normalized spacial score (nSPS) is 14.6. The molecule has 0 spiro atoms. The summed E-state index contributed by atoms with van der Waals surface area (Å²) in [6.45, 7) is 1.80. The Morgan fingerprint density at radius 2 is 1.88 bits per heavy atom. The molecule has 1 aromatic heterocycles. The molecule has 1 aromatic carbocycles. The summed E-state index contributed by atoms with van der Waals surface area (Å²) in [5.74, 6) is -0.149. The summed E-state index contributed by atoms with van der Waals surface area (Å²) in [4.78, 5) is 23.5. The molecule has 2 aromatic rings. The Bertz CT molecular complexity index is 759. The first-order valence-electron chi connectivity index (χ1n) is 7.77. The second-order valence-corrected chi connectivity index (χ2v) is 6.89. The monoisotopic (exact) mass is 362 g/mol. The number of thioether (sulfide) groups is 1. The van der Waals surface area contributed by atoms with Gasteiger partial charge in [0.2, 0.25) is 11.1 Å². The highest BCUT2D eigenvalue weighted by atomic mass is 32.2. The Kier molecular flexibility index (Phi) is 5.17. The number of nitrogens with one attached hydrogen (secondary N) is 2. The highest BCUT2D eigenvalue weighted by Crippen LogP contribution is 2.37. The van der Waals surface area contributed by atoms with Crippen molar-refractivity contribution in [3.8, 4) is 0 Å². The van der Waals surface area contributed by atoms with Gasteiger partial charge in [0.05, 0.1) is 18.4 Å². The van der Waals surface area contributed by atoms with Crippen LogP contribution < -0.4 is 10.6 Å². The minimum absolute atomic E-state index is 0.149. The number of hydrogen-bond donors (Lipinski definition) is 2. The smallest absolute Gasteiger partial charge is 0.411 e. The first-order valence-corrected chi connectivity index (χ1v) is 8.65. The highest BCUT2D eigenvalue weighted by Gasteiger charge is 2.29. The average Bonchev–Trinajstić information content (AvgIpc) is 3.35. The number of carbonyl (C=O) groups is 2. The van der Waals surface area contributed by atoms with Crippen molar-refractivity contribution in [2.45, 2.75) is 36.2 Å². The van der Waals surface area contributed by atoms with Gasteiger partial charge in [-0.05, 0) is 54.5 Å². The molecule has 2 amide bonds. The Balaban J connectivity index is 1.55. The molecule has 0 radical (unpaired) electrons. The zero-order chi connectivity index (χ0) is 17.8. The van der Waals surface area contributed by atoms with Gasteiger partial charge in [-0.25, -0.2) is 9.48 Å². The van der Waals surface area contributed by atoms with E-state index in [4.69, 9.17) is 0 Å². The second-order valence-electron chi connectivity index (χ2n) is 5.58. The van der Waals surface area contributed by atoms with Gasteiger partial charge in [0.1, 0.15) is 0 Å². The van der Waals surface area contributed by atoms with E-state index in [-0.39, 0.29) is 11.2 Å². The maximum atomic E-state index is 12.3. The summed E-state index contributed by atoms with van der Waals surface area (Å²) in [6, 6.07) is 7.13. The van der Waals surface area contributed by atoms with Gasteiger partial charge in [-0.3, -0.25) is 10.1 Å². The first-order chi connectivity index (χ1) is 12.1. The predicted octanol–water partition coefficient (Wildman–Crippen LogP) is 2.31. The number of rotatable bonds is 6. The summed E-state index contributed by atoms with van der Waals surface area (Å²) < 4.78 is 6.30. The Morgan fingerprint density at radius 1 is 1.24 bits per heavy atom. The first kappa shape index (κ1) is 17.2. The molecule has 1 saturated carbocycles. The van der Waals surface area contributed by atoms with E-state index in [0.717, 1.165) is 12.8 Å². The Hall–Kier alpha value is -2.62. The van der Waals surface area contributed by atoms with Crippen LogP contribution in [-0.2, 0) is 9.53 Å². The number of methoxy groups -OCH3 is 1. The van der Waals surface area contributed by atoms with Crippen molar-refractivity contribution < 1.29 is 14.3 Å². The molecule has 132 valence electrons. The Morgan fingerprint density at radius 3 is 2.48 bits per heavy atom. The molecule has 0 aliphatic heterocycles. The molecule has 25 heavy (non-hydrogen) atoms. The molecule has 0 bridgehead atoms. The van der Waals surface area contributed by atoms with Crippen LogP contribution in [0.5, 0.6) is 0 Å². The van der Waals surface area contributed by atoms with Crippen LogP contribution in [0, 0.1) is 0 Å². The number of anilines is 2. The molecular weight excluding hydrogens is 344 g/mol. The number of amides is 2. The van der Waals surface area contributed by atoms with E-state index in [1.807, 2.05) is 0 Å². The number of aromatic nitrogens is 4. The molecule has 9 nitrogen and oxygen atoms in total. The zero-order valence-corrected chi connectivity index (χ0v) is 14.6. The van der Waals surface area contributed by atoms with Crippen molar-refractivity contribution in [1.29, 1.82) is 0 Å². The molecule has 1 aliphatic carbocycles. The zero-order valence-electron chi connectivity index (χ0n) is 13.8. The van der Waals surface area contributed by atoms with Crippen molar-refractivity contribution in [3.63, 3.8) is 0 Å². The number of hydrogen-bond acceptors (Lipinski definition) is 7. The maximum absolute atomic E-state index is 12.3. The van der Waals surface area contributed by atoms with Crippen LogP contribution in [0.25, 0.3) is 0 Å². The van der Waals surface area contributed by atoms with Gasteiger partial charge < -0.3 is 10.1 Å². The van der Waals surface area contributed by atoms with Gasteiger partial charge in [0.15, 0.2) is 0 Å². The number of nitrogens with zero attached hydrogens (tertiary/aromatic N) is 4. The van der Waals surface area contributed by atoms with E-state index in [0.29, 0.717) is 22.6 Å². The van der Waals surface area contributed by atoms with Crippen LogP contribution in [0.15, 0.2) is 29.4 Å². The molecule has 1 aliphatic rings. The van der Waals surface area contributed by atoms with Crippen LogP contribution in [0.3, 0.4) is 0 Å². The number of tetrazole rings is 1. The topological polar surface area (TPSA) is 111 Å². The fourth-order valence-electron chi connectivity index (χ4n) is 2.07. The van der Waals surface area contributed by atoms with E-state index in [2.05, 4.69) is 30.9 Å². The van der Waals surface area contributed by atoms with Crippen molar-refractivity contribution in [2.75, 3.05) is 17.7 Å². The lowest BCUT2D eigenvalue weighted by Crippen LogP contribution is -2.23. The summed E-state index contributed by atoms with van der Waals surface area (Å²) in [7, 11) is 1.29. The maximum Gasteiger partial charge on any atom is 0.411 e. The molecule has 1 atom stereocenters. The van der Waals surface area contributed by atoms with Crippen LogP contribution in [0.4, 0.5) is 16.2 Å². The van der Waals surface area contributed by atoms with Crippen molar-refractivity contribution in [2.24, 2.45) is 0 Å².